The second-order valence-electron chi connectivity index (χ2n) is 5.19. The van der Waals surface area contributed by atoms with Crippen LogP contribution in [0.5, 0.6) is 17.2 Å². The second-order valence-corrected chi connectivity index (χ2v) is 5.19. The molecule has 0 aliphatic rings. The molecule has 0 saturated heterocycles. The summed E-state index contributed by atoms with van der Waals surface area (Å²) >= 11 is 0. The van der Waals surface area contributed by atoms with E-state index in [2.05, 4.69) is 4.74 Å². The molecule has 0 amide bonds. The summed E-state index contributed by atoms with van der Waals surface area (Å²) in [6, 6.07) is 9.64. The molecule has 0 atom stereocenters. The van der Waals surface area contributed by atoms with E-state index < -0.39 is 12.4 Å². The van der Waals surface area contributed by atoms with Crippen molar-refractivity contribution in [3.05, 3.63) is 59.2 Å². The van der Waals surface area contributed by atoms with E-state index in [0.29, 0.717) is 17.1 Å². The van der Waals surface area contributed by atoms with Gasteiger partial charge in [-0.25, -0.2) is 0 Å². The van der Waals surface area contributed by atoms with Crippen LogP contribution in [-0.4, -0.2) is 26.6 Å². The van der Waals surface area contributed by atoms with Crippen molar-refractivity contribution in [3.8, 4) is 17.2 Å². The first-order chi connectivity index (χ1) is 11.9. The van der Waals surface area contributed by atoms with Crippen LogP contribution < -0.4 is 14.2 Å². The molecule has 2 aromatic rings. The van der Waals surface area contributed by atoms with Gasteiger partial charge in [0.15, 0.2) is 17.3 Å². The summed E-state index contributed by atoms with van der Waals surface area (Å²) < 4.78 is 39.7. The Morgan fingerprint density at radius 1 is 1.00 bits per heavy atom. The number of rotatable bonds is 7. The lowest BCUT2D eigenvalue weighted by Gasteiger charge is -2.09. The molecule has 0 radical (unpaired) electrons. The van der Waals surface area contributed by atoms with E-state index in [1.165, 1.54) is 32.4 Å². The number of carbonyl (C=O) groups is 1. The summed E-state index contributed by atoms with van der Waals surface area (Å²) in [6.45, 7) is -1.23. The smallest absolute Gasteiger partial charge is 0.387 e. The van der Waals surface area contributed by atoms with Crippen LogP contribution >= 0.6 is 0 Å². The van der Waals surface area contributed by atoms with E-state index in [-0.39, 0.29) is 11.3 Å². The molecular weight excluding hydrogens is 330 g/mol. The molecule has 0 aliphatic carbocycles. The topological polar surface area (TPSA) is 44.8 Å². The molecule has 2 aromatic carbocycles. The van der Waals surface area contributed by atoms with E-state index in [0.717, 1.165) is 5.56 Å². The molecule has 2 rings (SSSR count). The summed E-state index contributed by atoms with van der Waals surface area (Å²) in [5, 5.41) is 0. The van der Waals surface area contributed by atoms with Crippen molar-refractivity contribution >= 4 is 11.9 Å². The molecular formula is C19H18F2O4. The van der Waals surface area contributed by atoms with Gasteiger partial charge in [0.2, 0.25) is 0 Å². The predicted octanol–water partition coefficient (Wildman–Crippen LogP) is 4.51. The average Bonchev–Trinajstić information content (AvgIpc) is 2.60. The minimum Gasteiger partial charge on any atom is -0.493 e. The molecule has 0 unspecified atom stereocenters. The molecule has 0 aromatic heterocycles. The zero-order valence-corrected chi connectivity index (χ0v) is 14.1. The van der Waals surface area contributed by atoms with Gasteiger partial charge >= 0.3 is 6.61 Å². The van der Waals surface area contributed by atoms with Gasteiger partial charge in [0.05, 0.1) is 19.8 Å². The third-order valence-electron chi connectivity index (χ3n) is 3.45. The molecule has 25 heavy (non-hydrogen) atoms. The van der Waals surface area contributed by atoms with E-state index in [1.54, 1.807) is 37.3 Å². The van der Waals surface area contributed by atoms with Crippen molar-refractivity contribution in [3.63, 3.8) is 0 Å². The maximum atomic E-state index is 12.5. The molecule has 0 heterocycles. The Bertz CT molecular complexity index is 785. The highest BCUT2D eigenvalue weighted by atomic mass is 19.3. The summed E-state index contributed by atoms with van der Waals surface area (Å²) in [5.41, 5.74) is 1.55. The lowest BCUT2D eigenvalue weighted by Crippen LogP contribution is -2.07. The van der Waals surface area contributed by atoms with Crippen LogP contribution in [0.15, 0.2) is 42.5 Å². The van der Waals surface area contributed by atoms with Crippen LogP contribution in [0.4, 0.5) is 8.78 Å². The summed E-state index contributed by atoms with van der Waals surface area (Å²) in [6.07, 6.45) is 2.87. The lowest BCUT2D eigenvalue weighted by atomic mass is 10.1. The zero-order chi connectivity index (χ0) is 18.4. The molecule has 0 N–H and O–H groups in total. The third-order valence-corrected chi connectivity index (χ3v) is 3.45. The molecule has 0 spiro atoms. The number of ether oxygens (including phenoxy) is 3. The fourth-order valence-electron chi connectivity index (χ4n) is 2.25. The normalized spacial score (nSPS) is 11.0. The average molecular weight is 348 g/mol. The predicted molar refractivity (Wildman–Crippen MR) is 90.7 cm³/mol. The SMILES string of the molecule is COc1ccc(/C=C/C(=O)c2cc(C)ccc2OC(F)F)cc1OC. The van der Waals surface area contributed by atoms with Crippen LogP contribution in [-0.2, 0) is 0 Å². The Morgan fingerprint density at radius 3 is 2.32 bits per heavy atom. The quantitative estimate of drug-likeness (QED) is 0.545. The number of ketones is 1. The fourth-order valence-corrected chi connectivity index (χ4v) is 2.25. The number of allylic oxidation sites excluding steroid dienone is 1. The van der Waals surface area contributed by atoms with Crippen molar-refractivity contribution in [1.29, 1.82) is 0 Å². The highest BCUT2D eigenvalue weighted by molar-refractivity contribution is 6.08. The first kappa shape index (κ1) is 18.4. The van der Waals surface area contributed by atoms with Gasteiger partial charge in [-0.3, -0.25) is 4.79 Å². The number of alkyl halides is 2. The van der Waals surface area contributed by atoms with Gasteiger partial charge in [-0.1, -0.05) is 23.8 Å². The van der Waals surface area contributed by atoms with Crippen molar-refractivity contribution in [2.24, 2.45) is 0 Å². The van der Waals surface area contributed by atoms with Crippen molar-refractivity contribution in [2.45, 2.75) is 13.5 Å². The molecule has 0 fully saturated rings. The Hall–Kier alpha value is -2.89. The van der Waals surface area contributed by atoms with E-state index in [1.807, 2.05) is 0 Å². The summed E-state index contributed by atoms with van der Waals surface area (Å²) in [4.78, 5) is 12.4. The van der Waals surface area contributed by atoms with Crippen molar-refractivity contribution in [2.75, 3.05) is 14.2 Å². The number of carbonyl (C=O) groups excluding carboxylic acids is 1. The van der Waals surface area contributed by atoms with Crippen LogP contribution in [0.1, 0.15) is 21.5 Å². The lowest BCUT2D eigenvalue weighted by molar-refractivity contribution is -0.0501. The molecule has 6 heteroatoms. The number of halogens is 2. The first-order valence-electron chi connectivity index (χ1n) is 7.44. The Kier molecular flexibility index (Phi) is 6.11. The van der Waals surface area contributed by atoms with E-state index >= 15 is 0 Å². The molecule has 0 saturated carbocycles. The zero-order valence-electron chi connectivity index (χ0n) is 14.1. The van der Waals surface area contributed by atoms with E-state index in [9.17, 15) is 13.6 Å². The molecule has 0 aliphatic heterocycles. The Labute approximate surface area is 144 Å². The van der Waals surface area contributed by atoms with Crippen LogP contribution in [0, 0.1) is 6.92 Å². The summed E-state index contributed by atoms with van der Waals surface area (Å²) in [7, 11) is 3.04. The molecule has 132 valence electrons. The summed E-state index contributed by atoms with van der Waals surface area (Å²) in [5.74, 6) is 0.503. The van der Waals surface area contributed by atoms with Crippen LogP contribution in [0.25, 0.3) is 6.08 Å². The second kappa shape index (κ2) is 8.28. The van der Waals surface area contributed by atoms with Gasteiger partial charge in [-0.05, 0) is 42.8 Å². The Morgan fingerprint density at radius 2 is 1.68 bits per heavy atom. The first-order valence-corrected chi connectivity index (χ1v) is 7.44. The Balaban J connectivity index is 2.27. The molecule has 4 nitrogen and oxygen atoms in total. The van der Waals surface area contributed by atoms with Gasteiger partial charge in [-0.15, -0.1) is 0 Å². The van der Waals surface area contributed by atoms with Crippen molar-refractivity contribution < 1.29 is 27.8 Å². The standard InChI is InChI=1S/C19H18F2O4/c1-12-4-8-16(25-19(20)21)14(10-12)15(22)7-5-13-6-9-17(23-2)18(11-13)24-3/h4-11,19H,1-3H3/b7-5+. The number of hydrogen-bond acceptors (Lipinski definition) is 4. The van der Waals surface area contributed by atoms with Crippen molar-refractivity contribution in [1.82, 2.24) is 0 Å². The van der Waals surface area contributed by atoms with Gasteiger partial charge < -0.3 is 14.2 Å². The van der Waals surface area contributed by atoms with Gasteiger partial charge in [-0.2, -0.15) is 8.78 Å². The highest BCUT2D eigenvalue weighted by Gasteiger charge is 2.14. The van der Waals surface area contributed by atoms with Gasteiger partial charge in [0.1, 0.15) is 5.75 Å². The van der Waals surface area contributed by atoms with Gasteiger partial charge in [0.25, 0.3) is 0 Å². The maximum Gasteiger partial charge on any atom is 0.387 e. The molecule has 0 bridgehead atoms. The van der Waals surface area contributed by atoms with Crippen LogP contribution in [0.3, 0.4) is 0 Å². The highest BCUT2D eigenvalue weighted by Crippen LogP contribution is 2.28. The monoisotopic (exact) mass is 348 g/mol. The van der Waals surface area contributed by atoms with Gasteiger partial charge in [0, 0.05) is 0 Å². The minimum atomic E-state index is -3.00. The largest absolute Gasteiger partial charge is 0.493 e. The number of benzene rings is 2. The maximum absolute atomic E-state index is 12.5. The third kappa shape index (κ3) is 4.79. The number of methoxy groups -OCH3 is 2. The fraction of sp³-hybridized carbons (Fsp3) is 0.211. The van der Waals surface area contributed by atoms with E-state index in [4.69, 9.17) is 9.47 Å². The minimum absolute atomic E-state index is 0.0806. The number of hydrogen-bond donors (Lipinski definition) is 0. The number of aryl methyl sites for hydroxylation is 1. The van der Waals surface area contributed by atoms with Crippen LogP contribution in [0.2, 0.25) is 0 Å².